The van der Waals surface area contributed by atoms with E-state index in [0.717, 1.165) is 62.3 Å². The quantitative estimate of drug-likeness (QED) is 0.139. The number of amides is 3. The van der Waals surface area contributed by atoms with Gasteiger partial charge in [-0.1, -0.05) is 60.7 Å². The van der Waals surface area contributed by atoms with Crippen LogP contribution in [0.15, 0.2) is 103 Å². The van der Waals surface area contributed by atoms with E-state index < -0.39 is 17.6 Å². The lowest BCUT2D eigenvalue weighted by Crippen LogP contribution is -2.52. The number of hydrogen-bond acceptors (Lipinski definition) is 11. The molecule has 0 bridgehead atoms. The van der Waals surface area contributed by atoms with Crippen molar-refractivity contribution in [1.29, 1.82) is 0 Å². The van der Waals surface area contributed by atoms with Crippen LogP contribution in [0.25, 0.3) is 0 Å². The first-order chi connectivity index (χ1) is 28.8. The van der Waals surface area contributed by atoms with Crippen LogP contribution in [0.1, 0.15) is 82.6 Å². The lowest BCUT2D eigenvalue weighted by atomic mass is 9.83. The third-order valence-electron chi connectivity index (χ3n) is 12.3. The van der Waals surface area contributed by atoms with E-state index in [9.17, 15) is 19.5 Å². The number of nitrogens with one attached hydrogen (secondary N) is 2. The van der Waals surface area contributed by atoms with Crippen LogP contribution < -0.4 is 20.3 Å². The van der Waals surface area contributed by atoms with Crippen LogP contribution in [0.2, 0.25) is 0 Å². The number of ether oxygens (including phenoxy) is 1. The molecule has 3 N–H and O–H groups in total. The van der Waals surface area contributed by atoms with E-state index in [1.54, 1.807) is 23.2 Å². The van der Waals surface area contributed by atoms with Crippen LogP contribution in [0.5, 0.6) is 5.88 Å². The van der Waals surface area contributed by atoms with Crippen LogP contribution in [0, 0.1) is 0 Å². The molecule has 3 fully saturated rings. The molecule has 0 radical (unpaired) electrons. The molecule has 6 heterocycles. The zero-order valence-corrected chi connectivity index (χ0v) is 32.9. The van der Waals surface area contributed by atoms with Crippen molar-refractivity contribution in [3.8, 4) is 5.88 Å². The van der Waals surface area contributed by atoms with Crippen molar-refractivity contribution in [3.63, 3.8) is 0 Å². The molecule has 4 aliphatic rings. The monoisotopic (exact) mass is 792 g/mol. The number of nitrogens with zero attached hydrogens (tertiary/aromatic N) is 6. The number of aliphatic hydroxyl groups is 1. The number of piperidine rings is 3. The molecule has 0 aliphatic carbocycles. The lowest BCUT2D eigenvalue weighted by molar-refractivity contribution is -0.136. The summed E-state index contributed by atoms with van der Waals surface area (Å²) in [6.07, 6.45) is 7.46. The van der Waals surface area contributed by atoms with Crippen LogP contribution >= 0.6 is 0 Å². The zero-order valence-electron chi connectivity index (χ0n) is 32.9. The van der Waals surface area contributed by atoms with Gasteiger partial charge in [-0.25, -0.2) is 9.97 Å². The minimum atomic E-state index is -0.984. The maximum Gasteiger partial charge on any atom is 0.255 e. The molecule has 302 valence electrons. The summed E-state index contributed by atoms with van der Waals surface area (Å²) in [7, 11) is 0. The molecule has 13 heteroatoms. The number of carbonyl (C=O) groups excluding carboxylic acids is 3. The predicted octanol–water partition coefficient (Wildman–Crippen LogP) is 5.82. The second-order valence-electron chi connectivity index (χ2n) is 16.1. The molecule has 2 aromatic heterocycles. The molecule has 3 saturated heterocycles. The van der Waals surface area contributed by atoms with Gasteiger partial charge in [0.2, 0.25) is 23.6 Å². The Morgan fingerprint density at radius 3 is 2.39 bits per heavy atom. The molecule has 0 saturated carbocycles. The molecule has 9 rings (SSSR count). The zero-order chi connectivity index (χ0) is 40.3. The van der Waals surface area contributed by atoms with E-state index in [-0.39, 0.29) is 18.2 Å². The highest BCUT2D eigenvalue weighted by Gasteiger charge is 2.41. The SMILES string of the molecule is O=C1CCC(N2Cc3cc(C4(O)CCN(Cc5ccc(N6CCC(c7ccc(Nc8nccc(OCc9ccccc9)n8)nc7)CC6)cc5)CC4)ccc3C2=O)C(=O)N1. The second-order valence-corrected chi connectivity index (χ2v) is 16.1. The molecular formula is C46H48N8O5. The lowest BCUT2D eigenvalue weighted by Gasteiger charge is -2.39. The van der Waals surface area contributed by atoms with Gasteiger partial charge in [0.25, 0.3) is 5.91 Å². The Hall–Kier alpha value is -6.18. The van der Waals surface area contributed by atoms with Crippen LogP contribution in [-0.4, -0.2) is 79.8 Å². The van der Waals surface area contributed by atoms with Crippen molar-refractivity contribution in [2.45, 2.75) is 75.8 Å². The van der Waals surface area contributed by atoms with Gasteiger partial charge >= 0.3 is 0 Å². The summed E-state index contributed by atoms with van der Waals surface area (Å²) in [5.41, 5.74) is 5.99. The normalized spacial score (nSPS) is 19.7. The molecule has 3 amide bonds. The molecule has 3 aromatic carbocycles. The number of benzene rings is 3. The second kappa shape index (κ2) is 16.6. The average Bonchev–Trinajstić information content (AvgIpc) is 3.59. The number of hydrogen-bond donors (Lipinski definition) is 3. The van der Waals surface area contributed by atoms with E-state index >= 15 is 0 Å². The van der Waals surface area contributed by atoms with E-state index in [2.05, 4.69) is 65.7 Å². The summed E-state index contributed by atoms with van der Waals surface area (Å²) in [6, 6.07) is 29.7. The molecule has 13 nitrogen and oxygen atoms in total. The summed E-state index contributed by atoms with van der Waals surface area (Å²) in [6.45, 7) is 5.01. The number of imide groups is 1. The Morgan fingerprint density at radius 1 is 0.847 bits per heavy atom. The van der Waals surface area contributed by atoms with E-state index in [4.69, 9.17) is 4.74 Å². The highest BCUT2D eigenvalue weighted by Crippen LogP contribution is 2.37. The molecule has 59 heavy (non-hydrogen) atoms. The highest BCUT2D eigenvalue weighted by atomic mass is 16.5. The van der Waals surface area contributed by atoms with Gasteiger partial charge in [0.15, 0.2) is 0 Å². The first-order valence-corrected chi connectivity index (χ1v) is 20.6. The Bertz CT molecular complexity index is 2310. The maximum atomic E-state index is 13.2. The minimum absolute atomic E-state index is 0.202. The van der Waals surface area contributed by atoms with Gasteiger partial charge in [-0.2, -0.15) is 4.98 Å². The number of aromatic nitrogens is 3. The number of carbonyl (C=O) groups is 3. The van der Waals surface area contributed by atoms with Gasteiger partial charge in [-0.15, -0.1) is 0 Å². The van der Waals surface area contributed by atoms with Crippen LogP contribution in [0.3, 0.4) is 0 Å². The Morgan fingerprint density at radius 2 is 1.64 bits per heavy atom. The van der Waals surface area contributed by atoms with Crippen LogP contribution in [0.4, 0.5) is 17.5 Å². The van der Waals surface area contributed by atoms with Crippen molar-refractivity contribution >= 4 is 35.2 Å². The molecular weight excluding hydrogens is 745 g/mol. The van der Waals surface area contributed by atoms with Crippen molar-refractivity contribution in [3.05, 3.63) is 137 Å². The van der Waals surface area contributed by atoms with E-state index in [1.165, 1.54) is 16.8 Å². The average molecular weight is 793 g/mol. The van der Waals surface area contributed by atoms with E-state index in [1.807, 2.05) is 54.7 Å². The molecule has 4 aliphatic heterocycles. The summed E-state index contributed by atoms with van der Waals surface area (Å²) < 4.78 is 5.85. The Labute approximate surface area is 343 Å². The molecule has 5 aromatic rings. The number of rotatable bonds is 11. The van der Waals surface area contributed by atoms with Gasteiger partial charge in [-0.3, -0.25) is 24.6 Å². The van der Waals surface area contributed by atoms with Gasteiger partial charge in [-0.05, 0) is 90.1 Å². The Kier molecular flexibility index (Phi) is 10.8. The first-order valence-electron chi connectivity index (χ1n) is 20.6. The van der Waals surface area contributed by atoms with Crippen molar-refractivity contribution < 1.29 is 24.2 Å². The molecule has 0 spiro atoms. The summed E-state index contributed by atoms with van der Waals surface area (Å²) >= 11 is 0. The topological polar surface area (TPSA) is 153 Å². The Balaban J connectivity index is 0.727. The predicted molar refractivity (Wildman–Crippen MR) is 222 cm³/mol. The number of anilines is 3. The first kappa shape index (κ1) is 38.3. The van der Waals surface area contributed by atoms with E-state index in [0.29, 0.717) is 61.5 Å². The smallest absolute Gasteiger partial charge is 0.255 e. The fourth-order valence-electron chi connectivity index (χ4n) is 8.82. The third kappa shape index (κ3) is 8.53. The fraction of sp³-hybridized carbons (Fsp3) is 0.348. The number of fused-ring (bicyclic) bond motifs is 1. The summed E-state index contributed by atoms with van der Waals surface area (Å²) in [5, 5.41) is 17.3. The van der Waals surface area contributed by atoms with Gasteiger partial charge in [0, 0.05) is 75.4 Å². The largest absolute Gasteiger partial charge is 0.473 e. The highest BCUT2D eigenvalue weighted by molar-refractivity contribution is 6.05. The van der Waals surface area contributed by atoms with Crippen molar-refractivity contribution in [2.75, 3.05) is 36.4 Å². The summed E-state index contributed by atoms with van der Waals surface area (Å²) in [4.78, 5) is 57.1. The van der Waals surface area contributed by atoms with Crippen molar-refractivity contribution in [1.82, 2.24) is 30.1 Å². The number of pyridine rings is 1. The molecule has 1 unspecified atom stereocenters. The minimum Gasteiger partial charge on any atom is -0.473 e. The third-order valence-corrected chi connectivity index (χ3v) is 12.3. The molecule has 1 atom stereocenters. The summed E-state index contributed by atoms with van der Waals surface area (Å²) in [5.74, 6) is 1.15. The van der Waals surface area contributed by atoms with Crippen molar-refractivity contribution in [2.24, 2.45) is 0 Å². The standard InChI is InChI=1S/C46H48N8O5/c55-41-15-13-39(43(56)50-41)54-29-35-26-36(9-12-38(35)44(54)57)46(58)19-24-52(25-20-46)28-31-6-10-37(11-7-31)53-22-17-33(18-23-53)34-8-14-40(48-27-34)49-45-47-21-16-42(51-45)59-30-32-4-2-1-3-5-32/h1-12,14,16,21,26-27,33,39,58H,13,15,17-20,22-25,28-30H2,(H,50,55,56)(H,47,48,49,51). The number of likely N-dealkylation sites (tertiary alicyclic amines) is 1. The van der Waals surface area contributed by atoms with Gasteiger partial charge < -0.3 is 25.0 Å². The fourth-order valence-corrected chi connectivity index (χ4v) is 8.82. The van der Waals surface area contributed by atoms with Gasteiger partial charge in [0.1, 0.15) is 18.5 Å². The van der Waals surface area contributed by atoms with Crippen LogP contribution in [-0.2, 0) is 34.9 Å². The maximum absolute atomic E-state index is 13.2. The van der Waals surface area contributed by atoms with Gasteiger partial charge in [0.05, 0.1) is 5.60 Å².